The Hall–Kier alpha value is -4.08. The Morgan fingerprint density at radius 1 is 1.06 bits per heavy atom. The normalized spacial score (nSPS) is 13.6. The Morgan fingerprint density at radius 2 is 1.81 bits per heavy atom. The molecule has 0 radical (unpaired) electrons. The molecule has 0 spiro atoms. The Kier molecular flexibility index (Phi) is 4.89. The minimum absolute atomic E-state index is 0.0260. The van der Waals surface area contributed by atoms with E-state index in [2.05, 4.69) is 25.5 Å². The molecule has 2 amide bonds. The molecular weight excluding hydrogens is 418 g/mol. The molecular formula is C22H18F2N6O2. The van der Waals surface area contributed by atoms with Crippen LogP contribution in [0.15, 0.2) is 42.6 Å². The highest BCUT2D eigenvalue weighted by Gasteiger charge is 2.22. The van der Waals surface area contributed by atoms with Gasteiger partial charge in [0.05, 0.1) is 22.9 Å². The molecule has 10 heteroatoms. The van der Waals surface area contributed by atoms with E-state index >= 15 is 0 Å². The van der Waals surface area contributed by atoms with Gasteiger partial charge in [-0.3, -0.25) is 14.7 Å². The maximum absolute atomic E-state index is 13.9. The molecule has 4 aromatic rings. The third-order valence-electron chi connectivity index (χ3n) is 5.44. The number of fused-ring (bicyclic) bond motifs is 1. The van der Waals surface area contributed by atoms with Crippen molar-refractivity contribution in [2.45, 2.75) is 12.8 Å². The van der Waals surface area contributed by atoms with E-state index in [1.54, 1.807) is 18.2 Å². The van der Waals surface area contributed by atoms with Gasteiger partial charge in [-0.05, 0) is 43.2 Å². The Balaban J connectivity index is 1.43. The second kappa shape index (κ2) is 7.88. The quantitative estimate of drug-likeness (QED) is 0.453. The fourth-order valence-electron chi connectivity index (χ4n) is 3.82. The van der Waals surface area contributed by atoms with Crippen LogP contribution in [0.1, 0.15) is 33.6 Å². The summed E-state index contributed by atoms with van der Waals surface area (Å²) in [6.45, 7) is 1.51. The summed E-state index contributed by atoms with van der Waals surface area (Å²) in [4.78, 5) is 34.5. The minimum atomic E-state index is -0.966. The largest absolute Gasteiger partial charge is 0.339 e. The lowest BCUT2D eigenvalue weighted by Gasteiger charge is -2.14. The number of aromatic nitrogens is 4. The minimum Gasteiger partial charge on any atom is -0.339 e. The van der Waals surface area contributed by atoms with Crippen LogP contribution in [0.4, 0.5) is 14.5 Å². The zero-order chi connectivity index (χ0) is 22.2. The zero-order valence-electron chi connectivity index (χ0n) is 16.8. The average molecular weight is 436 g/mol. The summed E-state index contributed by atoms with van der Waals surface area (Å²) in [7, 11) is 0. The molecule has 162 valence electrons. The van der Waals surface area contributed by atoms with Crippen molar-refractivity contribution >= 4 is 28.5 Å². The molecule has 1 aliphatic rings. The molecule has 0 bridgehead atoms. The van der Waals surface area contributed by atoms with Crippen molar-refractivity contribution in [3.63, 3.8) is 0 Å². The summed E-state index contributed by atoms with van der Waals surface area (Å²) in [6, 6.07) is 8.40. The van der Waals surface area contributed by atoms with E-state index in [1.165, 1.54) is 12.3 Å². The third-order valence-corrected chi connectivity index (χ3v) is 5.44. The van der Waals surface area contributed by atoms with Crippen LogP contribution in [-0.2, 0) is 0 Å². The number of imidazole rings is 1. The molecule has 2 aromatic heterocycles. The smallest absolute Gasteiger partial charge is 0.261 e. The number of nitrogens with zero attached hydrogens (tertiary/aromatic N) is 3. The molecule has 0 aliphatic carbocycles. The lowest BCUT2D eigenvalue weighted by atomic mass is 10.2. The van der Waals surface area contributed by atoms with Gasteiger partial charge in [0.15, 0.2) is 5.82 Å². The van der Waals surface area contributed by atoms with E-state index in [1.807, 2.05) is 4.90 Å². The van der Waals surface area contributed by atoms with Crippen LogP contribution in [-0.4, -0.2) is 50.0 Å². The highest BCUT2D eigenvalue weighted by atomic mass is 19.1. The number of likely N-dealkylation sites (tertiary alicyclic amines) is 1. The molecule has 2 aromatic carbocycles. The van der Waals surface area contributed by atoms with E-state index in [9.17, 15) is 18.4 Å². The van der Waals surface area contributed by atoms with Gasteiger partial charge in [-0.1, -0.05) is 6.07 Å². The van der Waals surface area contributed by atoms with Gasteiger partial charge in [-0.2, -0.15) is 5.10 Å². The Morgan fingerprint density at radius 3 is 2.56 bits per heavy atom. The number of hydrogen-bond acceptors (Lipinski definition) is 4. The predicted octanol–water partition coefficient (Wildman–Crippen LogP) is 3.72. The number of benzene rings is 2. The summed E-state index contributed by atoms with van der Waals surface area (Å²) in [5.41, 5.74) is 1.66. The van der Waals surface area contributed by atoms with Gasteiger partial charge >= 0.3 is 0 Å². The van der Waals surface area contributed by atoms with Crippen molar-refractivity contribution < 1.29 is 18.4 Å². The van der Waals surface area contributed by atoms with Crippen LogP contribution in [0.5, 0.6) is 0 Å². The van der Waals surface area contributed by atoms with E-state index < -0.39 is 23.1 Å². The van der Waals surface area contributed by atoms with Gasteiger partial charge in [0.1, 0.15) is 22.9 Å². The summed E-state index contributed by atoms with van der Waals surface area (Å²) in [5.74, 6) is -2.55. The van der Waals surface area contributed by atoms with E-state index in [0.717, 1.165) is 38.1 Å². The molecule has 8 nitrogen and oxygen atoms in total. The fourth-order valence-corrected chi connectivity index (χ4v) is 3.82. The molecule has 0 atom stereocenters. The number of aromatic amines is 2. The maximum atomic E-state index is 13.9. The Bertz CT molecular complexity index is 1320. The topological polar surface area (TPSA) is 107 Å². The van der Waals surface area contributed by atoms with Gasteiger partial charge in [-0.25, -0.2) is 13.8 Å². The standard InChI is InChI=1S/C22H18F2N6O2/c23-13-4-3-5-14(24)18(13)21(31)28-17-11-25-29-19(17)20-26-15-7-6-12(10-16(15)27-20)22(32)30-8-1-2-9-30/h3-7,10-11H,1-2,8-9H2,(H,25,29)(H,26,27)(H,28,31). The summed E-state index contributed by atoms with van der Waals surface area (Å²) >= 11 is 0. The van der Waals surface area contributed by atoms with Crippen LogP contribution >= 0.6 is 0 Å². The van der Waals surface area contributed by atoms with Crippen molar-refractivity contribution in [2.75, 3.05) is 18.4 Å². The van der Waals surface area contributed by atoms with Gasteiger partial charge in [0.25, 0.3) is 11.8 Å². The maximum Gasteiger partial charge on any atom is 0.261 e. The van der Waals surface area contributed by atoms with E-state index in [0.29, 0.717) is 28.1 Å². The van der Waals surface area contributed by atoms with Gasteiger partial charge in [-0.15, -0.1) is 0 Å². The van der Waals surface area contributed by atoms with Crippen LogP contribution in [0.3, 0.4) is 0 Å². The van der Waals surface area contributed by atoms with Crippen LogP contribution in [0.2, 0.25) is 0 Å². The van der Waals surface area contributed by atoms with Crippen LogP contribution < -0.4 is 5.32 Å². The lowest BCUT2D eigenvalue weighted by Crippen LogP contribution is -2.27. The fraction of sp³-hybridized carbons (Fsp3) is 0.182. The van der Waals surface area contributed by atoms with Crippen molar-refractivity contribution in [2.24, 2.45) is 0 Å². The highest BCUT2D eigenvalue weighted by molar-refractivity contribution is 6.06. The van der Waals surface area contributed by atoms with Gasteiger partial charge in [0, 0.05) is 18.7 Å². The third kappa shape index (κ3) is 3.49. The van der Waals surface area contributed by atoms with Crippen molar-refractivity contribution in [3.8, 4) is 11.5 Å². The highest BCUT2D eigenvalue weighted by Crippen LogP contribution is 2.27. The van der Waals surface area contributed by atoms with Crippen molar-refractivity contribution in [1.82, 2.24) is 25.1 Å². The van der Waals surface area contributed by atoms with Crippen molar-refractivity contribution in [1.29, 1.82) is 0 Å². The molecule has 32 heavy (non-hydrogen) atoms. The summed E-state index contributed by atoms with van der Waals surface area (Å²) < 4.78 is 27.9. The number of amides is 2. The number of anilines is 1. The Labute approximate surface area is 180 Å². The molecule has 0 unspecified atom stereocenters. The first kappa shape index (κ1) is 19.9. The van der Waals surface area contributed by atoms with Crippen LogP contribution in [0.25, 0.3) is 22.6 Å². The molecule has 0 saturated carbocycles. The van der Waals surface area contributed by atoms with Crippen molar-refractivity contribution in [3.05, 3.63) is 65.4 Å². The first-order chi connectivity index (χ1) is 15.5. The predicted molar refractivity (Wildman–Crippen MR) is 113 cm³/mol. The van der Waals surface area contributed by atoms with Gasteiger partial charge < -0.3 is 15.2 Å². The SMILES string of the molecule is O=C(Nc1cn[nH]c1-c1nc2ccc(C(=O)N3CCCC3)cc2[nH]1)c1c(F)cccc1F. The van der Waals surface area contributed by atoms with E-state index in [-0.39, 0.29) is 11.6 Å². The van der Waals surface area contributed by atoms with Crippen LogP contribution in [0, 0.1) is 11.6 Å². The number of carbonyl (C=O) groups excluding carboxylic acids is 2. The van der Waals surface area contributed by atoms with Gasteiger partial charge in [0.2, 0.25) is 0 Å². The zero-order valence-corrected chi connectivity index (χ0v) is 16.8. The number of H-pyrrole nitrogens is 2. The van der Waals surface area contributed by atoms with E-state index in [4.69, 9.17) is 0 Å². The number of hydrogen-bond donors (Lipinski definition) is 3. The first-order valence-corrected chi connectivity index (χ1v) is 10.1. The molecule has 3 heterocycles. The number of carbonyl (C=O) groups is 2. The molecule has 1 saturated heterocycles. The summed E-state index contributed by atoms with van der Waals surface area (Å²) in [6.07, 6.45) is 3.34. The molecule has 1 fully saturated rings. The molecule has 5 rings (SSSR count). The number of nitrogens with one attached hydrogen (secondary N) is 3. The molecule has 3 N–H and O–H groups in total. The molecule has 1 aliphatic heterocycles. The summed E-state index contributed by atoms with van der Waals surface area (Å²) in [5, 5.41) is 9.10. The first-order valence-electron chi connectivity index (χ1n) is 10.1. The second-order valence-electron chi connectivity index (χ2n) is 7.53. The number of halogens is 2. The monoisotopic (exact) mass is 436 g/mol. The second-order valence-corrected chi connectivity index (χ2v) is 7.53. The lowest BCUT2D eigenvalue weighted by molar-refractivity contribution is 0.0792. The number of rotatable bonds is 4. The average Bonchev–Trinajstić information content (AvgIpc) is 3.52.